The van der Waals surface area contributed by atoms with E-state index in [1.807, 2.05) is 0 Å². The molecule has 6 heteroatoms. The minimum atomic E-state index is -1.28. The van der Waals surface area contributed by atoms with Crippen LogP contribution in [0.3, 0.4) is 0 Å². The zero-order valence-corrected chi connectivity index (χ0v) is 8.78. The molecule has 0 spiro atoms. The van der Waals surface area contributed by atoms with Gasteiger partial charge in [-0.25, -0.2) is 0 Å². The summed E-state index contributed by atoms with van der Waals surface area (Å²) in [6.45, 7) is 0.759. The molecule has 1 aliphatic heterocycles. The van der Waals surface area contributed by atoms with Crippen LogP contribution in [-0.4, -0.2) is 40.3 Å². The third-order valence-corrected chi connectivity index (χ3v) is 2.97. The Labute approximate surface area is 89.6 Å². The number of hydrogen-bond donors (Lipinski definition) is 4. The Balaban J connectivity index is 2.30. The molecule has 1 heterocycles. The molecule has 1 unspecified atom stereocenters. The SMILES string of the molecule is O=C(O)C1(CCCCB(O)O)CCCN1. The molecule has 1 fully saturated rings. The third-order valence-electron chi connectivity index (χ3n) is 2.97. The van der Waals surface area contributed by atoms with E-state index < -0.39 is 18.6 Å². The van der Waals surface area contributed by atoms with Crippen molar-refractivity contribution >= 4 is 13.1 Å². The number of unbranched alkanes of at least 4 members (excludes halogenated alkanes) is 1. The maximum atomic E-state index is 11.1. The predicted molar refractivity (Wildman–Crippen MR) is 56.5 cm³/mol. The monoisotopic (exact) mass is 215 g/mol. The standard InChI is InChI=1S/C9H18BNO4/c12-8(13)9(5-3-7-11-9)4-1-2-6-10(14)15/h11,14-15H,1-7H2,(H,12,13). The average molecular weight is 215 g/mol. The van der Waals surface area contributed by atoms with Gasteiger partial charge in [-0.1, -0.05) is 12.8 Å². The summed E-state index contributed by atoms with van der Waals surface area (Å²) in [5, 5.41) is 29.4. The van der Waals surface area contributed by atoms with Crippen molar-refractivity contribution in [3.63, 3.8) is 0 Å². The Morgan fingerprint density at radius 2 is 2.13 bits per heavy atom. The zero-order chi connectivity index (χ0) is 11.3. The lowest BCUT2D eigenvalue weighted by Crippen LogP contribution is -2.47. The highest BCUT2D eigenvalue weighted by atomic mass is 16.4. The van der Waals surface area contributed by atoms with E-state index in [4.69, 9.17) is 15.2 Å². The number of carboxylic acid groups (broad SMARTS) is 1. The first-order chi connectivity index (χ1) is 7.07. The van der Waals surface area contributed by atoms with Crippen molar-refractivity contribution in [1.82, 2.24) is 5.32 Å². The van der Waals surface area contributed by atoms with E-state index in [1.54, 1.807) is 0 Å². The molecule has 1 aliphatic rings. The third kappa shape index (κ3) is 3.48. The molecule has 1 atom stereocenters. The van der Waals surface area contributed by atoms with Gasteiger partial charge in [-0.2, -0.15) is 0 Å². The molecule has 0 bridgehead atoms. The summed E-state index contributed by atoms with van der Waals surface area (Å²) in [7, 11) is -1.28. The van der Waals surface area contributed by atoms with Crippen LogP contribution in [0.1, 0.15) is 32.1 Å². The first kappa shape index (κ1) is 12.5. The number of nitrogens with one attached hydrogen (secondary N) is 1. The number of carbonyl (C=O) groups is 1. The van der Waals surface area contributed by atoms with Crippen molar-refractivity contribution < 1.29 is 19.9 Å². The molecule has 0 aromatic carbocycles. The van der Waals surface area contributed by atoms with Gasteiger partial charge in [0.15, 0.2) is 0 Å². The second-order valence-corrected chi connectivity index (χ2v) is 4.14. The first-order valence-electron chi connectivity index (χ1n) is 5.41. The van der Waals surface area contributed by atoms with Gasteiger partial charge in [-0.15, -0.1) is 0 Å². The highest BCUT2D eigenvalue weighted by molar-refractivity contribution is 6.40. The first-order valence-corrected chi connectivity index (χ1v) is 5.41. The van der Waals surface area contributed by atoms with Gasteiger partial charge in [0.2, 0.25) is 0 Å². The molecule has 4 N–H and O–H groups in total. The van der Waals surface area contributed by atoms with Gasteiger partial charge in [0.25, 0.3) is 0 Å². The van der Waals surface area contributed by atoms with Crippen LogP contribution in [0, 0.1) is 0 Å². The predicted octanol–water partition coefficient (Wildman–Crippen LogP) is -0.164. The second-order valence-electron chi connectivity index (χ2n) is 4.14. The van der Waals surface area contributed by atoms with Crippen LogP contribution in [-0.2, 0) is 4.79 Å². The van der Waals surface area contributed by atoms with E-state index >= 15 is 0 Å². The van der Waals surface area contributed by atoms with Crippen molar-refractivity contribution in [1.29, 1.82) is 0 Å². The average Bonchev–Trinajstić information content (AvgIpc) is 2.62. The number of aliphatic carboxylic acids is 1. The van der Waals surface area contributed by atoms with Gasteiger partial charge in [-0.05, 0) is 32.1 Å². The molecular formula is C9H18BNO4. The quantitative estimate of drug-likeness (QED) is 0.365. The smallest absolute Gasteiger partial charge is 0.451 e. The summed E-state index contributed by atoms with van der Waals surface area (Å²) in [5.41, 5.74) is -0.763. The Hall–Kier alpha value is -0.585. The maximum Gasteiger partial charge on any atom is 0.451 e. The molecule has 0 saturated carbocycles. The van der Waals surface area contributed by atoms with E-state index in [0.29, 0.717) is 32.0 Å². The fourth-order valence-corrected chi connectivity index (χ4v) is 2.06. The van der Waals surface area contributed by atoms with Crippen molar-refractivity contribution in [2.45, 2.75) is 44.0 Å². The van der Waals surface area contributed by atoms with Gasteiger partial charge in [-0.3, -0.25) is 4.79 Å². The molecule has 86 valence electrons. The zero-order valence-electron chi connectivity index (χ0n) is 8.78. The summed E-state index contributed by atoms with van der Waals surface area (Å²) in [6.07, 6.45) is 3.80. The molecule has 0 amide bonds. The van der Waals surface area contributed by atoms with Gasteiger partial charge in [0, 0.05) is 0 Å². The minimum Gasteiger partial charge on any atom is -0.480 e. The molecule has 0 aromatic rings. The van der Waals surface area contributed by atoms with Gasteiger partial charge >= 0.3 is 13.1 Å². The van der Waals surface area contributed by atoms with E-state index in [9.17, 15) is 4.79 Å². The normalized spacial score (nSPS) is 25.5. The molecular weight excluding hydrogens is 197 g/mol. The summed E-state index contributed by atoms with van der Waals surface area (Å²) in [6, 6.07) is 0. The Morgan fingerprint density at radius 1 is 1.40 bits per heavy atom. The largest absolute Gasteiger partial charge is 0.480 e. The summed E-state index contributed by atoms with van der Waals surface area (Å²) < 4.78 is 0. The number of hydrogen-bond acceptors (Lipinski definition) is 4. The fraction of sp³-hybridized carbons (Fsp3) is 0.889. The molecule has 5 nitrogen and oxygen atoms in total. The van der Waals surface area contributed by atoms with Crippen molar-refractivity contribution in [3.05, 3.63) is 0 Å². The van der Waals surface area contributed by atoms with Crippen molar-refractivity contribution in [2.24, 2.45) is 0 Å². The highest BCUT2D eigenvalue weighted by Gasteiger charge is 2.40. The van der Waals surface area contributed by atoms with Crippen LogP contribution in [0.25, 0.3) is 0 Å². The molecule has 0 aliphatic carbocycles. The lowest BCUT2D eigenvalue weighted by Gasteiger charge is -2.24. The van der Waals surface area contributed by atoms with E-state index in [-0.39, 0.29) is 0 Å². The van der Waals surface area contributed by atoms with Crippen LogP contribution in [0.15, 0.2) is 0 Å². The molecule has 1 saturated heterocycles. The summed E-state index contributed by atoms with van der Waals surface area (Å²) >= 11 is 0. The molecule has 1 rings (SSSR count). The van der Waals surface area contributed by atoms with E-state index in [0.717, 1.165) is 13.0 Å². The summed E-state index contributed by atoms with van der Waals surface area (Å²) in [5.74, 6) is -0.787. The van der Waals surface area contributed by atoms with E-state index in [2.05, 4.69) is 5.32 Å². The Bertz CT molecular complexity index is 216. The Kier molecular flexibility index (Phi) is 4.57. The lowest BCUT2D eigenvalue weighted by atomic mass is 9.81. The molecule has 0 radical (unpaired) electrons. The lowest BCUT2D eigenvalue weighted by molar-refractivity contribution is -0.144. The van der Waals surface area contributed by atoms with Crippen LogP contribution in [0.5, 0.6) is 0 Å². The number of carboxylic acids is 1. The second kappa shape index (κ2) is 5.49. The maximum absolute atomic E-state index is 11.1. The molecule has 15 heavy (non-hydrogen) atoms. The van der Waals surface area contributed by atoms with Gasteiger partial charge in [0.05, 0.1) is 0 Å². The van der Waals surface area contributed by atoms with Gasteiger partial charge in [0.1, 0.15) is 5.54 Å². The fourth-order valence-electron chi connectivity index (χ4n) is 2.06. The van der Waals surface area contributed by atoms with Gasteiger partial charge < -0.3 is 20.5 Å². The molecule has 0 aromatic heterocycles. The van der Waals surface area contributed by atoms with Crippen LogP contribution < -0.4 is 5.32 Å². The summed E-state index contributed by atoms with van der Waals surface area (Å²) in [4.78, 5) is 11.1. The Morgan fingerprint density at radius 3 is 2.60 bits per heavy atom. The topological polar surface area (TPSA) is 89.8 Å². The van der Waals surface area contributed by atoms with Crippen LogP contribution in [0.2, 0.25) is 6.32 Å². The van der Waals surface area contributed by atoms with Crippen molar-refractivity contribution in [2.75, 3.05) is 6.54 Å². The van der Waals surface area contributed by atoms with Crippen molar-refractivity contribution in [3.8, 4) is 0 Å². The highest BCUT2D eigenvalue weighted by Crippen LogP contribution is 2.26. The minimum absolute atomic E-state index is 0.315. The number of rotatable bonds is 6. The van der Waals surface area contributed by atoms with Crippen LogP contribution >= 0.6 is 0 Å². The van der Waals surface area contributed by atoms with Crippen LogP contribution in [0.4, 0.5) is 0 Å². The van der Waals surface area contributed by atoms with E-state index in [1.165, 1.54) is 0 Å².